The van der Waals surface area contributed by atoms with Gasteiger partial charge < -0.3 is 10.2 Å². The molecule has 2 amide bonds. The Bertz CT molecular complexity index is 303. The molecule has 1 aliphatic rings. The van der Waals surface area contributed by atoms with Crippen LogP contribution >= 0.6 is 0 Å². The number of carbonyl (C=O) groups is 2. The third-order valence-electron chi connectivity index (χ3n) is 3.54. The highest BCUT2D eigenvalue weighted by Gasteiger charge is 2.29. The monoisotopic (exact) mass is 268 g/mol. The van der Waals surface area contributed by atoms with Gasteiger partial charge in [0.1, 0.15) is 6.04 Å². The predicted molar refractivity (Wildman–Crippen MR) is 76.7 cm³/mol. The van der Waals surface area contributed by atoms with Crippen LogP contribution in [-0.4, -0.2) is 35.8 Å². The third kappa shape index (κ3) is 5.62. The molecule has 0 bridgehead atoms. The number of amides is 2. The van der Waals surface area contributed by atoms with Crippen molar-refractivity contribution >= 4 is 11.8 Å². The fourth-order valence-electron chi connectivity index (χ4n) is 2.48. The number of nitrogens with one attached hydrogen (secondary N) is 1. The molecule has 0 aromatic carbocycles. The number of nitrogens with zero attached hydrogens (tertiary/aromatic N) is 1. The average Bonchev–Trinajstić information content (AvgIpc) is 2.47. The zero-order valence-corrected chi connectivity index (χ0v) is 12.6. The lowest BCUT2D eigenvalue weighted by Crippen LogP contribution is -2.45. The van der Waals surface area contributed by atoms with Gasteiger partial charge in [0.05, 0.1) is 0 Å². The van der Waals surface area contributed by atoms with Crippen molar-refractivity contribution in [2.75, 3.05) is 13.1 Å². The Balaban J connectivity index is 2.54. The molecule has 1 saturated heterocycles. The molecule has 1 unspecified atom stereocenters. The normalized spacial score (nSPS) is 20.6. The van der Waals surface area contributed by atoms with Gasteiger partial charge in [-0.3, -0.25) is 9.59 Å². The van der Waals surface area contributed by atoms with Crippen LogP contribution in [0, 0.1) is 5.92 Å². The average molecular weight is 268 g/mol. The molecule has 19 heavy (non-hydrogen) atoms. The van der Waals surface area contributed by atoms with E-state index in [0.29, 0.717) is 18.9 Å². The Morgan fingerprint density at radius 1 is 1.26 bits per heavy atom. The first kappa shape index (κ1) is 16.0. The lowest BCUT2D eigenvalue weighted by molar-refractivity contribution is -0.134. The summed E-state index contributed by atoms with van der Waals surface area (Å²) in [7, 11) is 0. The van der Waals surface area contributed by atoms with Crippen LogP contribution in [0.1, 0.15) is 59.3 Å². The topological polar surface area (TPSA) is 49.4 Å². The van der Waals surface area contributed by atoms with Crippen LogP contribution in [0.5, 0.6) is 0 Å². The molecular weight excluding hydrogens is 240 g/mol. The summed E-state index contributed by atoms with van der Waals surface area (Å²) < 4.78 is 0. The van der Waals surface area contributed by atoms with Gasteiger partial charge in [0.25, 0.3) is 0 Å². The van der Waals surface area contributed by atoms with Crippen molar-refractivity contribution in [1.29, 1.82) is 0 Å². The van der Waals surface area contributed by atoms with Gasteiger partial charge in [-0.1, -0.05) is 40.0 Å². The van der Waals surface area contributed by atoms with Crippen LogP contribution in [0.3, 0.4) is 0 Å². The number of hydrogen-bond acceptors (Lipinski definition) is 2. The maximum atomic E-state index is 12.4. The molecule has 1 atom stereocenters. The van der Waals surface area contributed by atoms with Gasteiger partial charge in [-0.25, -0.2) is 0 Å². The van der Waals surface area contributed by atoms with Gasteiger partial charge in [-0.05, 0) is 18.8 Å². The number of carbonyl (C=O) groups excluding carboxylic acids is 2. The molecule has 0 aromatic heterocycles. The summed E-state index contributed by atoms with van der Waals surface area (Å²) in [6.07, 6.45) is 5.79. The Kier molecular flexibility index (Phi) is 6.89. The van der Waals surface area contributed by atoms with Crippen molar-refractivity contribution in [1.82, 2.24) is 10.2 Å². The van der Waals surface area contributed by atoms with Crippen LogP contribution < -0.4 is 5.32 Å². The second kappa shape index (κ2) is 8.18. The Labute approximate surface area is 116 Å². The first-order chi connectivity index (χ1) is 9.04. The smallest absolute Gasteiger partial charge is 0.245 e. The SMILES string of the molecule is CCCCCCN1CCC(=O)NC(CC(C)C)C1=O. The van der Waals surface area contributed by atoms with E-state index >= 15 is 0 Å². The Hall–Kier alpha value is -1.06. The minimum Gasteiger partial charge on any atom is -0.344 e. The second-order valence-corrected chi connectivity index (χ2v) is 5.89. The van der Waals surface area contributed by atoms with E-state index in [1.807, 2.05) is 4.90 Å². The van der Waals surface area contributed by atoms with Gasteiger partial charge in [0.2, 0.25) is 11.8 Å². The predicted octanol–water partition coefficient (Wildman–Crippen LogP) is 2.33. The van der Waals surface area contributed by atoms with Crippen molar-refractivity contribution in [2.45, 2.75) is 65.3 Å². The summed E-state index contributed by atoms with van der Waals surface area (Å²) in [5.41, 5.74) is 0. The van der Waals surface area contributed by atoms with Crippen LogP contribution in [-0.2, 0) is 9.59 Å². The van der Waals surface area contributed by atoms with Crippen molar-refractivity contribution < 1.29 is 9.59 Å². The standard InChI is InChI=1S/C15H28N2O2/c1-4-5-6-7-9-17-10-8-14(18)16-13(15(17)19)11-12(2)3/h12-13H,4-11H2,1-3H3,(H,16,18). The van der Waals surface area contributed by atoms with E-state index in [4.69, 9.17) is 0 Å². The molecule has 0 saturated carbocycles. The van der Waals surface area contributed by atoms with Gasteiger partial charge >= 0.3 is 0 Å². The zero-order chi connectivity index (χ0) is 14.3. The summed E-state index contributed by atoms with van der Waals surface area (Å²) in [4.78, 5) is 25.9. The zero-order valence-electron chi connectivity index (χ0n) is 12.6. The summed E-state index contributed by atoms with van der Waals surface area (Å²) >= 11 is 0. The van der Waals surface area contributed by atoms with Gasteiger partial charge in [-0.15, -0.1) is 0 Å². The van der Waals surface area contributed by atoms with E-state index in [2.05, 4.69) is 26.1 Å². The van der Waals surface area contributed by atoms with Crippen LogP contribution in [0.2, 0.25) is 0 Å². The molecular formula is C15H28N2O2. The summed E-state index contributed by atoms with van der Waals surface area (Å²) in [6.45, 7) is 7.71. The molecule has 0 aromatic rings. The summed E-state index contributed by atoms with van der Waals surface area (Å²) in [5.74, 6) is 0.528. The molecule has 110 valence electrons. The van der Waals surface area contributed by atoms with Crippen molar-refractivity contribution in [3.8, 4) is 0 Å². The van der Waals surface area contributed by atoms with Crippen molar-refractivity contribution in [2.24, 2.45) is 5.92 Å². The van der Waals surface area contributed by atoms with E-state index in [1.165, 1.54) is 12.8 Å². The van der Waals surface area contributed by atoms with E-state index in [-0.39, 0.29) is 17.9 Å². The fraction of sp³-hybridized carbons (Fsp3) is 0.867. The summed E-state index contributed by atoms with van der Waals surface area (Å²) in [6, 6.07) is -0.318. The molecule has 4 nitrogen and oxygen atoms in total. The van der Waals surface area contributed by atoms with Gasteiger partial charge in [0, 0.05) is 19.5 Å². The molecule has 0 aliphatic carbocycles. The lowest BCUT2D eigenvalue weighted by atomic mass is 10.0. The minimum absolute atomic E-state index is 0.00931. The summed E-state index contributed by atoms with van der Waals surface area (Å²) in [5, 5.41) is 2.86. The van der Waals surface area contributed by atoms with Crippen molar-refractivity contribution in [3.63, 3.8) is 0 Å². The van der Waals surface area contributed by atoms with Gasteiger partial charge in [0.15, 0.2) is 0 Å². The highest BCUT2D eigenvalue weighted by molar-refractivity contribution is 5.89. The third-order valence-corrected chi connectivity index (χ3v) is 3.54. The molecule has 1 heterocycles. The minimum atomic E-state index is -0.318. The van der Waals surface area contributed by atoms with E-state index in [1.54, 1.807) is 0 Å². The van der Waals surface area contributed by atoms with Crippen LogP contribution in [0.25, 0.3) is 0 Å². The Morgan fingerprint density at radius 2 is 2.00 bits per heavy atom. The highest BCUT2D eigenvalue weighted by atomic mass is 16.2. The molecule has 0 spiro atoms. The van der Waals surface area contributed by atoms with E-state index in [9.17, 15) is 9.59 Å². The molecule has 1 fully saturated rings. The molecule has 1 N–H and O–H groups in total. The molecule has 4 heteroatoms. The number of rotatable bonds is 7. The number of hydrogen-bond donors (Lipinski definition) is 1. The van der Waals surface area contributed by atoms with Crippen molar-refractivity contribution in [3.05, 3.63) is 0 Å². The maximum Gasteiger partial charge on any atom is 0.245 e. The second-order valence-electron chi connectivity index (χ2n) is 5.89. The maximum absolute atomic E-state index is 12.4. The lowest BCUT2D eigenvalue weighted by Gasteiger charge is -2.25. The van der Waals surface area contributed by atoms with E-state index < -0.39 is 0 Å². The van der Waals surface area contributed by atoms with Crippen LogP contribution in [0.15, 0.2) is 0 Å². The largest absolute Gasteiger partial charge is 0.344 e. The quantitative estimate of drug-likeness (QED) is 0.720. The van der Waals surface area contributed by atoms with Crippen LogP contribution in [0.4, 0.5) is 0 Å². The molecule has 0 radical (unpaired) electrons. The Morgan fingerprint density at radius 3 is 2.63 bits per heavy atom. The molecule has 1 aliphatic heterocycles. The highest BCUT2D eigenvalue weighted by Crippen LogP contribution is 2.13. The fourth-order valence-corrected chi connectivity index (χ4v) is 2.48. The molecule has 1 rings (SSSR count). The first-order valence-electron chi connectivity index (χ1n) is 7.62. The van der Waals surface area contributed by atoms with E-state index in [0.717, 1.165) is 25.8 Å². The number of unbranched alkanes of at least 4 members (excludes halogenated alkanes) is 3. The first-order valence-corrected chi connectivity index (χ1v) is 7.62. The van der Waals surface area contributed by atoms with Gasteiger partial charge in [-0.2, -0.15) is 0 Å².